The number of hydrogen-bond donors (Lipinski definition) is 3. The van der Waals surface area contributed by atoms with Gasteiger partial charge in [0.25, 0.3) is 0 Å². The summed E-state index contributed by atoms with van der Waals surface area (Å²) in [6, 6.07) is 4.21. The number of hydrogen-bond acceptors (Lipinski definition) is 5. The Labute approximate surface area is 222 Å². The molecule has 0 aliphatic heterocycles. The van der Waals surface area contributed by atoms with E-state index < -0.39 is 0 Å². The summed E-state index contributed by atoms with van der Waals surface area (Å²) in [6.45, 7) is 8.40. The largest absolute Gasteiger partial charge is 0.382 e. The summed E-state index contributed by atoms with van der Waals surface area (Å²) in [5, 5.41) is 4.47. The van der Waals surface area contributed by atoms with Gasteiger partial charge in [-0.1, -0.05) is 80.9 Å². The van der Waals surface area contributed by atoms with E-state index >= 15 is 0 Å². The lowest BCUT2D eigenvalue weighted by atomic mass is 10.1. The van der Waals surface area contributed by atoms with Crippen LogP contribution in [0.4, 0.5) is 11.5 Å². The zero-order valence-electron chi connectivity index (χ0n) is 20.0. The Balaban J connectivity index is 0.000000564. The van der Waals surface area contributed by atoms with E-state index in [1.165, 1.54) is 6.20 Å². The standard InChI is InChI=1S/C11H14ClN3O.C10H16ClN3.CH3I.CH4/c1-3-8(4-2)15-9-5-7(12)6-13-10(9)14-11(15)16;1-3-8(4-2)14-9-5-7(11)6-13-10(9)12;1-2;/h5-6,8H,3-4H2,1-2H3,(H,13,14,16);5-6,8,14H,3-4H2,1-2H3,(H2,12,13);1H3;1H4/i;;1D;. The van der Waals surface area contributed by atoms with E-state index in [-0.39, 0.29) is 19.2 Å². The molecular weight excluding hydrogens is 574 g/mol. The second kappa shape index (κ2) is 16.2. The number of H-pyrrole nitrogens is 1. The lowest BCUT2D eigenvalue weighted by molar-refractivity contribution is 0.471. The molecule has 3 aromatic heterocycles. The van der Waals surface area contributed by atoms with Crippen molar-refractivity contribution in [3.05, 3.63) is 45.1 Å². The van der Waals surface area contributed by atoms with Crippen molar-refractivity contribution in [2.45, 2.75) is 72.9 Å². The highest BCUT2D eigenvalue weighted by atomic mass is 127. The third kappa shape index (κ3) is 8.98. The van der Waals surface area contributed by atoms with Gasteiger partial charge in [0, 0.05) is 25.8 Å². The summed E-state index contributed by atoms with van der Waals surface area (Å²) in [7, 11) is 0. The maximum Gasteiger partial charge on any atom is 0.327 e. The van der Waals surface area contributed by atoms with Crippen LogP contribution in [0, 0.1) is 0 Å². The summed E-state index contributed by atoms with van der Waals surface area (Å²) >= 11 is 13.7. The number of imidazole rings is 1. The lowest BCUT2D eigenvalue weighted by Gasteiger charge is -2.17. The van der Waals surface area contributed by atoms with Crippen molar-refractivity contribution in [2.24, 2.45) is 0 Å². The Bertz CT molecular complexity index is 1040. The van der Waals surface area contributed by atoms with Gasteiger partial charge >= 0.3 is 5.69 Å². The van der Waals surface area contributed by atoms with E-state index in [0.717, 1.165) is 36.9 Å². The first-order valence-corrected chi connectivity index (χ1v) is 12.8. The molecule has 186 valence electrons. The molecule has 3 rings (SSSR count). The van der Waals surface area contributed by atoms with E-state index in [9.17, 15) is 4.79 Å². The maximum absolute atomic E-state index is 11.8. The monoisotopic (exact) mass is 611 g/mol. The number of nitrogen functional groups attached to an aromatic ring is 1. The number of halogens is 3. The van der Waals surface area contributed by atoms with Crippen LogP contribution in [0.15, 0.2) is 29.3 Å². The summed E-state index contributed by atoms with van der Waals surface area (Å²) in [4.78, 5) is 23.1. The average molecular weight is 612 g/mol. The Morgan fingerprint density at radius 1 is 1.12 bits per heavy atom. The van der Waals surface area contributed by atoms with Crippen LogP contribution in [0.5, 0.6) is 0 Å². The lowest BCUT2D eigenvalue weighted by Crippen LogP contribution is -2.21. The normalized spacial score (nSPS) is 10.6. The number of anilines is 2. The zero-order chi connectivity index (χ0) is 25.0. The number of rotatable bonds is 7. The second-order valence-electron chi connectivity index (χ2n) is 7.04. The van der Waals surface area contributed by atoms with Crippen molar-refractivity contribution < 1.29 is 1.37 Å². The number of nitrogens with one attached hydrogen (secondary N) is 2. The highest BCUT2D eigenvalue weighted by Crippen LogP contribution is 2.22. The second-order valence-corrected chi connectivity index (χ2v) is 7.91. The molecule has 0 unspecified atom stereocenters. The maximum atomic E-state index is 11.8. The van der Waals surface area contributed by atoms with Crippen LogP contribution < -0.4 is 16.7 Å². The predicted molar refractivity (Wildman–Crippen MR) is 153 cm³/mol. The summed E-state index contributed by atoms with van der Waals surface area (Å²) in [6.07, 6.45) is 7.03. The van der Waals surface area contributed by atoms with Gasteiger partial charge in [0.05, 0.1) is 21.2 Å². The van der Waals surface area contributed by atoms with Gasteiger partial charge in [-0.2, -0.15) is 0 Å². The average Bonchev–Trinajstić information content (AvgIpc) is 3.11. The molecule has 0 aliphatic carbocycles. The van der Waals surface area contributed by atoms with E-state index in [0.29, 0.717) is 32.5 Å². The van der Waals surface area contributed by atoms with Crippen LogP contribution in [0.1, 0.15) is 68.2 Å². The minimum Gasteiger partial charge on any atom is -0.382 e. The number of alkyl halides is 1. The molecule has 0 bridgehead atoms. The predicted octanol–water partition coefficient (Wildman–Crippen LogP) is 7.34. The zero-order valence-corrected chi connectivity index (χ0v) is 22.6. The van der Waals surface area contributed by atoms with Gasteiger partial charge in [-0.15, -0.1) is 0 Å². The summed E-state index contributed by atoms with van der Waals surface area (Å²) in [5.74, 6) is 0.501. The number of aromatic nitrogens is 4. The number of fused-ring (bicyclic) bond motifs is 1. The topological polar surface area (TPSA) is 102 Å². The fourth-order valence-electron chi connectivity index (χ4n) is 3.27. The van der Waals surface area contributed by atoms with Crippen molar-refractivity contribution in [1.29, 1.82) is 0 Å². The third-order valence-electron chi connectivity index (χ3n) is 5.08. The molecule has 0 radical (unpaired) electrons. The third-order valence-corrected chi connectivity index (χ3v) is 5.49. The van der Waals surface area contributed by atoms with Gasteiger partial charge < -0.3 is 11.1 Å². The van der Waals surface area contributed by atoms with Gasteiger partial charge in [0.2, 0.25) is 0 Å². The fourth-order valence-corrected chi connectivity index (χ4v) is 3.58. The molecule has 0 fully saturated rings. The smallest absolute Gasteiger partial charge is 0.327 e. The van der Waals surface area contributed by atoms with Gasteiger partial charge in [-0.05, 0) is 42.7 Å². The van der Waals surface area contributed by atoms with Gasteiger partial charge in [-0.25, -0.2) is 14.8 Å². The van der Waals surface area contributed by atoms with Crippen LogP contribution in [0.25, 0.3) is 11.2 Å². The Hall–Kier alpha value is -1.52. The van der Waals surface area contributed by atoms with Crippen molar-refractivity contribution in [1.82, 2.24) is 19.5 Å². The summed E-state index contributed by atoms with van der Waals surface area (Å²) < 4.78 is 7.94. The molecule has 7 nitrogen and oxygen atoms in total. The number of nitrogens with zero attached hydrogens (tertiary/aromatic N) is 3. The van der Waals surface area contributed by atoms with Gasteiger partial charge in [-0.3, -0.25) is 9.55 Å². The molecule has 10 heteroatoms. The Kier molecular flexibility index (Phi) is 14.5. The van der Waals surface area contributed by atoms with Crippen LogP contribution in [-0.2, 0) is 0 Å². The number of aromatic amines is 1. The molecule has 0 atom stereocenters. The first-order valence-electron chi connectivity index (χ1n) is 11.2. The van der Waals surface area contributed by atoms with Crippen LogP contribution in [0.2, 0.25) is 10.0 Å². The van der Waals surface area contributed by atoms with Crippen molar-refractivity contribution in [3.63, 3.8) is 0 Å². The quantitative estimate of drug-likeness (QED) is 0.192. The minimum absolute atomic E-state index is 0. The van der Waals surface area contributed by atoms with Crippen LogP contribution >= 0.6 is 45.8 Å². The highest BCUT2D eigenvalue weighted by molar-refractivity contribution is 14.1. The van der Waals surface area contributed by atoms with E-state index in [4.69, 9.17) is 30.3 Å². The molecule has 33 heavy (non-hydrogen) atoms. The number of nitrogens with two attached hydrogens (primary N) is 1. The van der Waals surface area contributed by atoms with Crippen LogP contribution in [0.3, 0.4) is 0 Å². The molecule has 0 amide bonds. The first-order chi connectivity index (χ1) is 15.8. The van der Waals surface area contributed by atoms with Crippen LogP contribution in [-0.4, -0.2) is 30.5 Å². The fraction of sp³-hybridized carbons (Fsp3) is 0.522. The molecule has 0 spiro atoms. The van der Waals surface area contributed by atoms with Crippen molar-refractivity contribution >= 4 is 68.5 Å². The molecule has 3 aromatic rings. The molecular formula is C23H37Cl2IN6O. The van der Waals surface area contributed by atoms with Gasteiger partial charge in [0.1, 0.15) is 5.82 Å². The molecule has 3 heterocycles. The minimum atomic E-state index is -0.113. The molecule has 0 saturated carbocycles. The molecule has 0 aliphatic rings. The molecule has 4 N–H and O–H groups in total. The van der Waals surface area contributed by atoms with E-state index in [1.54, 1.807) is 16.8 Å². The Morgan fingerprint density at radius 3 is 2.21 bits per heavy atom. The molecule has 0 saturated heterocycles. The van der Waals surface area contributed by atoms with Crippen molar-refractivity contribution in [2.75, 3.05) is 16.0 Å². The van der Waals surface area contributed by atoms with Gasteiger partial charge in [0.15, 0.2) is 5.65 Å². The molecule has 0 aromatic carbocycles. The first kappa shape index (κ1) is 29.5. The van der Waals surface area contributed by atoms with Crippen molar-refractivity contribution in [3.8, 4) is 0 Å². The number of pyridine rings is 2. The Morgan fingerprint density at radius 2 is 1.67 bits per heavy atom. The summed E-state index contributed by atoms with van der Waals surface area (Å²) in [5.41, 5.74) is 7.81. The van der Waals surface area contributed by atoms with E-state index in [1.807, 2.05) is 28.7 Å². The highest BCUT2D eigenvalue weighted by Gasteiger charge is 2.14. The SMILES string of the molecule is C.CCC(CC)Nc1cc(Cl)cnc1N.CCC(CC)n1c(=O)[nH]c2ncc(Cl)cc21.[2H]CI. The van der Waals surface area contributed by atoms with E-state index in [2.05, 4.69) is 48.0 Å².